The highest BCUT2D eigenvalue weighted by Gasteiger charge is 2.23. The molecule has 0 aromatic heterocycles. The van der Waals surface area contributed by atoms with Crippen LogP contribution in [0, 0.1) is 0 Å². The van der Waals surface area contributed by atoms with Gasteiger partial charge in [0.1, 0.15) is 0 Å². The largest absolute Gasteiger partial charge is 0.355 e. The Morgan fingerprint density at radius 1 is 1.37 bits per heavy atom. The second-order valence-corrected chi connectivity index (χ2v) is 6.60. The topological polar surface area (TPSA) is 75.3 Å². The lowest BCUT2D eigenvalue weighted by Crippen LogP contribution is -2.44. The molecule has 106 valence electrons. The first-order valence-electron chi connectivity index (χ1n) is 5.93. The summed E-state index contributed by atoms with van der Waals surface area (Å²) in [5.74, 6) is -0.336. The molecule has 1 amide bonds. The van der Waals surface area contributed by atoms with E-state index in [1.807, 2.05) is 6.92 Å². The van der Waals surface area contributed by atoms with Crippen LogP contribution in [0.2, 0.25) is 0 Å². The van der Waals surface area contributed by atoms with Crippen LogP contribution >= 0.6 is 15.9 Å². The monoisotopic (exact) mass is 348 g/mol. The molecule has 0 unspecified atom stereocenters. The van der Waals surface area contributed by atoms with Crippen molar-refractivity contribution in [2.75, 3.05) is 6.54 Å². The Morgan fingerprint density at radius 3 is 2.58 bits per heavy atom. The number of hydrogen-bond donors (Lipinski definition) is 2. The maximum absolute atomic E-state index is 12.1. The molecular formula is C12H17BrN2O3S. The van der Waals surface area contributed by atoms with Gasteiger partial charge in [0.05, 0.1) is 10.9 Å². The molecule has 0 radical (unpaired) electrons. The zero-order valence-electron chi connectivity index (χ0n) is 10.8. The Kier molecular flexibility index (Phi) is 5.96. The molecule has 7 heteroatoms. The van der Waals surface area contributed by atoms with E-state index in [-0.39, 0.29) is 10.8 Å². The van der Waals surface area contributed by atoms with Crippen molar-refractivity contribution >= 4 is 31.9 Å². The minimum Gasteiger partial charge on any atom is -0.355 e. The molecule has 1 aromatic carbocycles. The Hall–Kier alpha value is -0.920. The average molecular weight is 349 g/mol. The van der Waals surface area contributed by atoms with Crippen LogP contribution in [0.5, 0.6) is 0 Å². The fraction of sp³-hybridized carbons (Fsp3) is 0.417. The summed E-state index contributed by atoms with van der Waals surface area (Å²) in [4.78, 5) is 11.8. The average Bonchev–Trinajstić information content (AvgIpc) is 2.35. The second-order valence-electron chi connectivity index (χ2n) is 4.06. The maximum Gasteiger partial charge on any atom is 0.242 e. The lowest BCUT2D eigenvalue weighted by Gasteiger charge is -2.14. The molecule has 19 heavy (non-hydrogen) atoms. The highest BCUT2D eigenvalue weighted by Crippen LogP contribution is 2.21. The van der Waals surface area contributed by atoms with Gasteiger partial charge in [-0.15, -0.1) is 0 Å². The molecule has 0 aliphatic rings. The van der Waals surface area contributed by atoms with Crippen molar-refractivity contribution in [1.82, 2.24) is 10.0 Å². The number of carbonyl (C=O) groups excluding carboxylic acids is 1. The smallest absolute Gasteiger partial charge is 0.242 e. The minimum absolute atomic E-state index is 0.116. The van der Waals surface area contributed by atoms with E-state index in [4.69, 9.17) is 0 Å². The van der Waals surface area contributed by atoms with E-state index in [0.717, 1.165) is 6.42 Å². The first kappa shape index (κ1) is 16.1. The van der Waals surface area contributed by atoms with E-state index in [0.29, 0.717) is 11.0 Å². The number of nitrogens with one attached hydrogen (secondary N) is 2. The van der Waals surface area contributed by atoms with Gasteiger partial charge >= 0.3 is 0 Å². The van der Waals surface area contributed by atoms with Gasteiger partial charge < -0.3 is 5.32 Å². The fourth-order valence-electron chi connectivity index (χ4n) is 1.41. The van der Waals surface area contributed by atoms with Gasteiger partial charge in [-0.05, 0) is 41.4 Å². The molecule has 0 saturated heterocycles. The van der Waals surface area contributed by atoms with Gasteiger partial charge in [-0.2, -0.15) is 4.72 Å². The van der Waals surface area contributed by atoms with Gasteiger partial charge in [0, 0.05) is 11.0 Å². The molecule has 2 N–H and O–H groups in total. The van der Waals surface area contributed by atoms with Gasteiger partial charge in [0.25, 0.3) is 0 Å². The summed E-state index contributed by atoms with van der Waals surface area (Å²) in [6.45, 7) is 3.97. The SMILES string of the molecule is CCCNC(=O)[C@H](C)NS(=O)(=O)c1ccccc1Br. The fourth-order valence-corrected chi connectivity index (χ4v) is 3.62. The molecule has 1 rings (SSSR count). The lowest BCUT2D eigenvalue weighted by atomic mass is 10.3. The van der Waals surface area contributed by atoms with Crippen molar-refractivity contribution in [3.05, 3.63) is 28.7 Å². The van der Waals surface area contributed by atoms with E-state index in [1.54, 1.807) is 18.2 Å². The number of benzene rings is 1. The minimum atomic E-state index is -3.72. The van der Waals surface area contributed by atoms with Crippen LogP contribution in [0.3, 0.4) is 0 Å². The third-order valence-corrected chi connectivity index (χ3v) is 4.95. The third-order valence-electron chi connectivity index (χ3n) is 2.40. The van der Waals surface area contributed by atoms with Crippen molar-refractivity contribution in [1.29, 1.82) is 0 Å². The summed E-state index contributed by atoms with van der Waals surface area (Å²) in [6.07, 6.45) is 0.801. The van der Waals surface area contributed by atoms with Crippen LogP contribution in [0.4, 0.5) is 0 Å². The van der Waals surface area contributed by atoms with Crippen molar-refractivity contribution in [2.24, 2.45) is 0 Å². The third kappa shape index (κ3) is 4.59. The predicted molar refractivity (Wildman–Crippen MR) is 77.2 cm³/mol. The van der Waals surface area contributed by atoms with Crippen LogP contribution < -0.4 is 10.0 Å². The van der Waals surface area contributed by atoms with Crippen LogP contribution in [0.15, 0.2) is 33.6 Å². The van der Waals surface area contributed by atoms with E-state index in [9.17, 15) is 13.2 Å². The van der Waals surface area contributed by atoms with Gasteiger partial charge in [-0.3, -0.25) is 4.79 Å². The number of hydrogen-bond acceptors (Lipinski definition) is 3. The lowest BCUT2D eigenvalue weighted by molar-refractivity contribution is -0.122. The molecule has 0 aliphatic heterocycles. The van der Waals surface area contributed by atoms with Gasteiger partial charge in [-0.25, -0.2) is 8.42 Å². The van der Waals surface area contributed by atoms with Gasteiger partial charge in [-0.1, -0.05) is 19.1 Å². The summed E-state index contributed by atoms with van der Waals surface area (Å²) in [6, 6.07) is 5.64. The molecule has 1 aromatic rings. The first-order chi connectivity index (χ1) is 8.88. The Balaban J connectivity index is 2.81. The maximum atomic E-state index is 12.1. The van der Waals surface area contributed by atoms with Gasteiger partial charge in [0.15, 0.2) is 0 Å². The number of halogens is 1. The number of carbonyl (C=O) groups is 1. The molecule has 0 fully saturated rings. The Morgan fingerprint density at radius 2 is 2.00 bits per heavy atom. The first-order valence-corrected chi connectivity index (χ1v) is 8.20. The number of amides is 1. The standard InChI is InChI=1S/C12H17BrN2O3S/c1-3-8-14-12(16)9(2)15-19(17,18)11-7-5-4-6-10(11)13/h4-7,9,15H,3,8H2,1-2H3,(H,14,16)/t9-/m0/s1. The van der Waals surface area contributed by atoms with E-state index in [1.165, 1.54) is 13.0 Å². The highest BCUT2D eigenvalue weighted by molar-refractivity contribution is 9.10. The van der Waals surface area contributed by atoms with E-state index < -0.39 is 16.1 Å². The van der Waals surface area contributed by atoms with Gasteiger partial charge in [0.2, 0.25) is 15.9 Å². The van der Waals surface area contributed by atoms with Crippen LogP contribution in [-0.4, -0.2) is 26.9 Å². The molecule has 0 heterocycles. The Bertz CT molecular complexity index is 546. The normalized spacial score (nSPS) is 13.0. The molecule has 0 aliphatic carbocycles. The van der Waals surface area contributed by atoms with E-state index >= 15 is 0 Å². The zero-order valence-corrected chi connectivity index (χ0v) is 13.2. The summed E-state index contributed by atoms with van der Waals surface area (Å²) >= 11 is 3.18. The number of rotatable bonds is 6. The van der Waals surface area contributed by atoms with Crippen molar-refractivity contribution in [2.45, 2.75) is 31.2 Å². The predicted octanol–water partition coefficient (Wildman–Crippen LogP) is 1.64. The molecular weight excluding hydrogens is 332 g/mol. The molecule has 0 saturated carbocycles. The Labute approximate surface area is 122 Å². The van der Waals surface area contributed by atoms with Crippen LogP contribution in [-0.2, 0) is 14.8 Å². The quantitative estimate of drug-likeness (QED) is 0.820. The second kappa shape index (κ2) is 7.02. The highest BCUT2D eigenvalue weighted by atomic mass is 79.9. The summed E-state index contributed by atoms with van der Waals surface area (Å²) in [5, 5.41) is 2.64. The van der Waals surface area contributed by atoms with Crippen molar-refractivity contribution in [3.8, 4) is 0 Å². The molecule has 0 spiro atoms. The zero-order chi connectivity index (χ0) is 14.5. The summed E-state index contributed by atoms with van der Waals surface area (Å²) < 4.78 is 27.1. The molecule has 5 nitrogen and oxygen atoms in total. The summed E-state index contributed by atoms with van der Waals surface area (Å²) in [5.41, 5.74) is 0. The van der Waals surface area contributed by atoms with E-state index in [2.05, 4.69) is 26.0 Å². The summed E-state index contributed by atoms with van der Waals surface area (Å²) in [7, 11) is -3.72. The molecule has 1 atom stereocenters. The van der Waals surface area contributed by atoms with Crippen molar-refractivity contribution in [3.63, 3.8) is 0 Å². The number of sulfonamides is 1. The van der Waals surface area contributed by atoms with Crippen molar-refractivity contribution < 1.29 is 13.2 Å². The van der Waals surface area contributed by atoms with Crippen LogP contribution in [0.25, 0.3) is 0 Å². The molecule has 0 bridgehead atoms. The van der Waals surface area contributed by atoms with Crippen LogP contribution in [0.1, 0.15) is 20.3 Å².